The van der Waals surface area contributed by atoms with E-state index >= 15 is 0 Å². The van der Waals surface area contributed by atoms with Gasteiger partial charge in [-0.3, -0.25) is 11.3 Å². The van der Waals surface area contributed by atoms with Crippen molar-refractivity contribution in [3.8, 4) is 0 Å². The number of halogens is 1. The van der Waals surface area contributed by atoms with Crippen molar-refractivity contribution in [3.63, 3.8) is 0 Å². The fourth-order valence-electron chi connectivity index (χ4n) is 2.62. The monoisotopic (exact) mass is 304 g/mol. The first-order valence-electron chi connectivity index (χ1n) is 6.66. The van der Waals surface area contributed by atoms with Gasteiger partial charge in [0.2, 0.25) is 0 Å². The van der Waals surface area contributed by atoms with Crippen molar-refractivity contribution in [3.05, 3.63) is 64.2 Å². The van der Waals surface area contributed by atoms with Gasteiger partial charge in [-0.2, -0.15) is 0 Å². The molecule has 1 heterocycles. The molecule has 1 aliphatic rings. The molecule has 3 rings (SSSR count). The number of rotatable bonds is 3. The molecule has 0 saturated heterocycles. The van der Waals surface area contributed by atoms with Crippen LogP contribution in [0.25, 0.3) is 0 Å². The van der Waals surface area contributed by atoms with Crippen LogP contribution in [-0.2, 0) is 6.42 Å². The van der Waals surface area contributed by atoms with Crippen molar-refractivity contribution in [2.75, 3.05) is 0 Å². The summed E-state index contributed by atoms with van der Waals surface area (Å²) in [6.45, 7) is 2.01. The van der Waals surface area contributed by atoms with Gasteiger partial charge in [-0.05, 0) is 42.2 Å². The largest absolute Gasteiger partial charge is 0.271 e. The first-order valence-corrected chi connectivity index (χ1v) is 7.91. The van der Waals surface area contributed by atoms with Gasteiger partial charge in [0.1, 0.15) is 0 Å². The molecule has 0 saturated carbocycles. The number of hydrogen-bond acceptors (Lipinski definition) is 3. The maximum absolute atomic E-state index is 6.24. The van der Waals surface area contributed by atoms with Crippen LogP contribution in [0.3, 0.4) is 0 Å². The fraction of sp³-hybridized carbons (Fsp3) is 0.250. The van der Waals surface area contributed by atoms with Crippen molar-refractivity contribution in [1.29, 1.82) is 0 Å². The summed E-state index contributed by atoms with van der Waals surface area (Å²) in [4.78, 5) is 1.36. The molecule has 2 aromatic carbocycles. The number of hydrazine groups is 1. The van der Waals surface area contributed by atoms with E-state index in [1.165, 1.54) is 10.5 Å². The minimum absolute atomic E-state index is 0.102. The van der Waals surface area contributed by atoms with E-state index in [9.17, 15) is 0 Å². The predicted octanol–water partition coefficient (Wildman–Crippen LogP) is 3.87. The SMILES string of the molecule is Cc1ccc(C(NN)C2Cc3ccccc3S2)cc1Cl. The normalized spacial score (nSPS) is 18.9. The lowest BCUT2D eigenvalue weighted by Crippen LogP contribution is -2.35. The molecule has 0 bridgehead atoms. The summed E-state index contributed by atoms with van der Waals surface area (Å²) in [5.41, 5.74) is 6.60. The minimum Gasteiger partial charge on any atom is -0.271 e. The fourth-order valence-corrected chi connectivity index (χ4v) is 4.23. The Morgan fingerprint density at radius 3 is 2.80 bits per heavy atom. The first-order chi connectivity index (χ1) is 9.69. The molecule has 1 aliphatic heterocycles. The van der Waals surface area contributed by atoms with E-state index < -0.39 is 0 Å². The van der Waals surface area contributed by atoms with E-state index in [0.29, 0.717) is 5.25 Å². The van der Waals surface area contributed by atoms with Gasteiger partial charge in [-0.1, -0.05) is 41.9 Å². The number of thioether (sulfide) groups is 1. The second-order valence-electron chi connectivity index (χ2n) is 5.12. The van der Waals surface area contributed by atoms with Crippen molar-refractivity contribution in [1.82, 2.24) is 5.43 Å². The van der Waals surface area contributed by atoms with Crippen LogP contribution in [0.1, 0.15) is 22.7 Å². The van der Waals surface area contributed by atoms with Crippen LogP contribution in [0.15, 0.2) is 47.4 Å². The van der Waals surface area contributed by atoms with Crippen molar-refractivity contribution >= 4 is 23.4 Å². The molecule has 2 aromatic rings. The standard InChI is InChI=1S/C16H17ClN2S/c1-10-6-7-12(8-13(10)17)16(19-18)15-9-11-4-2-3-5-14(11)20-15/h2-8,15-16,19H,9,18H2,1H3. The molecule has 4 heteroatoms. The van der Waals surface area contributed by atoms with E-state index in [2.05, 4.69) is 41.8 Å². The Morgan fingerprint density at radius 2 is 2.10 bits per heavy atom. The lowest BCUT2D eigenvalue weighted by molar-refractivity contribution is 0.533. The highest BCUT2D eigenvalue weighted by Gasteiger charge is 2.29. The topological polar surface area (TPSA) is 38.0 Å². The van der Waals surface area contributed by atoms with Crippen LogP contribution in [0.2, 0.25) is 5.02 Å². The zero-order valence-electron chi connectivity index (χ0n) is 11.3. The second-order valence-corrected chi connectivity index (χ2v) is 6.81. The highest BCUT2D eigenvalue weighted by molar-refractivity contribution is 8.00. The average molecular weight is 305 g/mol. The summed E-state index contributed by atoms with van der Waals surface area (Å²) in [5.74, 6) is 5.80. The third kappa shape index (κ3) is 2.59. The van der Waals surface area contributed by atoms with Gasteiger partial charge in [0.25, 0.3) is 0 Å². The molecule has 0 fully saturated rings. The van der Waals surface area contributed by atoms with Crippen LogP contribution in [0, 0.1) is 6.92 Å². The highest BCUT2D eigenvalue weighted by Crippen LogP contribution is 2.42. The Kier molecular flexibility index (Phi) is 4.03. The molecular weight excluding hydrogens is 288 g/mol. The van der Waals surface area contributed by atoms with Gasteiger partial charge >= 0.3 is 0 Å². The van der Waals surface area contributed by atoms with Crippen LogP contribution < -0.4 is 11.3 Å². The Labute approximate surface area is 128 Å². The Morgan fingerprint density at radius 1 is 1.30 bits per heavy atom. The highest BCUT2D eigenvalue weighted by atomic mass is 35.5. The molecular formula is C16H17ClN2S. The van der Waals surface area contributed by atoms with E-state index in [1.807, 2.05) is 24.8 Å². The maximum atomic E-state index is 6.24. The number of benzene rings is 2. The lowest BCUT2D eigenvalue weighted by atomic mass is 9.98. The van der Waals surface area contributed by atoms with Crippen molar-refractivity contribution < 1.29 is 0 Å². The summed E-state index contributed by atoms with van der Waals surface area (Å²) < 4.78 is 0. The summed E-state index contributed by atoms with van der Waals surface area (Å²) in [5, 5.41) is 1.19. The van der Waals surface area contributed by atoms with Gasteiger partial charge in [0.05, 0.1) is 6.04 Å². The smallest absolute Gasteiger partial charge is 0.0585 e. The van der Waals surface area contributed by atoms with E-state index in [0.717, 1.165) is 22.6 Å². The Balaban J connectivity index is 1.87. The van der Waals surface area contributed by atoms with Gasteiger partial charge in [0.15, 0.2) is 0 Å². The van der Waals surface area contributed by atoms with Crippen molar-refractivity contribution in [2.24, 2.45) is 5.84 Å². The molecule has 0 aromatic heterocycles. The number of nitrogens with two attached hydrogens (primary N) is 1. The minimum atomic E-state index is 0.102. The number of aryl methyl sites for hydroxylation is 1. The molecule has 0 amide bonds. The van der Waals surface area contributed by atoms with Gasteiger partial charge in [-0.15, -0.1) is 11.8 Å². The second kappa shape index (κ2) is 5.78. The van der Waals surface area contributed by atoms with Crippen LogP contribution in [-0.4, -0.2) is 5.25 Å². The summed E-state index contributed by atoms with van der Waals surface area (Å²) in [6.07, 6.45) is 1.03. The van der Waals surface area contributed by atoms with Crippen molar-refractivity contribution in [2.45, 2.75) is 29.5 Å². The van der Waals surface area contributed by atoms with E-state index in [4.69, 9.17) is 17.4 Å². The number of fused-ring (bicyclic) bond motifs is 1. The molecule has 0 spiro atoms. The predicted molar refractivity (Wildman–Crippen MR) is 86.0 cm³/mol. The van der Waals surface area contributed by atoms with Crippen LogP contribution >= 0.6 is 23.4 Å². The molecule has 104 valence electrons. The zero-order valence-corrected chi connectivity index (χ0v) is 12.8. The lowest BCUT2D eigenvalue weighted by Gasteiger charge is -2.23. The quantitative estimate of drug-likeness (QED) is 0.668. The molecule has 0 radical (unpaired) electrons. The third-order valence-electron chi connectivity index (χ3n) is 3.78. The summed E-state index contributed by atoms with van der Waals surface area (Å²) in [7, 11) is 0. The zero-order chi connectivity index (χ0) is 14.1. The van der Waals surface area contributed by atoms with Gasteiger partial charge in [-0.25, -0.2) is 0 Å². The van der Waals surface area contributed by atoms with Gasteiger partial charge < -0.3 is 0 Å². The molecule has 2 atom stereocenters. The molecule has 2 unspecified atom stereocenters. The molecule has 2 nitrogen and oxygen atoms in total. The van der Waals surface area contributed by atoms with Crippen LogP contribution in [0.4, 0.5) is 0 Å². The first kappa shape index (κ1) is 14.0. The van der Waals surface area contributed by atoms with E-state index in [1.54, 1.807) is 0 Å². The number of nitrogens with one attached hydrogen (secondary N) is 1. The Hall–Kier alpha value is -1.000. The Bertz CT molecular complexity index is 605. The van der Waals surface area contributed by atoms with Crippen LogP contribution in [0.5, 0.6) is 0 Å². The molecule has 0 aliphatic carbocycles. The van der Waals surface area contributed by atoms with E-state index in [-0.39, 0.29) is 6.04 Å². The summed E-state index contributed by atoms with van der Waals surface area (Å²) in [6, 6.07) is 14.8. The maximum Gasteiger partial charge on any atom is 0.0585 e. The third-order valence-corrected chi connectivity index (χ3v) is 5.58. The van der Waals surface area contributed by atoms with Gasteiger partial charge in [0, 0.05) is 15.2 Å². The molecule has 20 heavy (non-hydrogen) atoms. The average Bonchev–Trinajstić information content (AvgIpc) is 2.87. The molecule has 3 N–H and O–H groups in total. The number of hydrogen-bond donors (Lipinski definition) is 2. The summed E-state index contributed by atoms with van der Waals surface area (Å²) >= 11 is 8.12.